The summed E-state index contributed by atoms with van der Waals surface area (Å²) in [5.41, 5.74) is 1.14. The Morgan fingerprint density at radius 3 is 2.40 bits per heavy atom. The van der Waals surface area contributed by atoms with Gasteiger partial charge in [-0.1, -0.05) is 12.1 Å². The van der Waals surface area contributed by atoms with Crippen LogP contribution in [0.3, 0.4) is 0 Å². The lowest BCUT2D eigenvalue weighted by Gasteiger charge is -2.22. The quantitative estimate of drug-likeness (QED) is 0.708. The summed E-state index contributed by atoms with van der Waals surface area (Å²) in [5, 5.41) is 0. The first kappa shape index (κ1) is 21.4. The number of nitrogens with zero attached hydrogens (tertiary/aromatic N) is 2. The summed E-state index contributed by atoms with van der Waals surface area (Å²) in [7, 11) is 3.07. The van der Waals surface area contributed by atoms with Gasteiger partial charge in [0.05, 0.1) is 14.2 Å². The number of carbonyl (C=O) groups is 2. The average molecular weight is 412 g/mol. The number of methoxy groups -OCH3 is 2. The summed E-state index contributed by atoms with van der Waals surface area (Å²) in [6.07, 6.45) is 3.72. The molecule has 1 fully saturated rings. The van der Waals surface area contributed by atoms with Crippen LogP contribution in [0.2, 0.25) is 0 Å². The Balaban J connectivity index is 1.63. The molecule has 3 rings (SSSR count). The van der Waals surface area contributed by atoms with E-state index in [1.54, 1.807) is 53.3 Å². The summed E-state index contributed by atoms with van der Waals surface area (Å²) in [6, 6.07) is 11.1. The molecule has 30 heavy (non-hydrogen) atoms. The number of carbonyl (C=O) groups excluding carboxylic acids is 2. The van der Waals surface area contributed by atoms with Gasteiger partial charge < -0.3 is 19.3 Å². The molecule has 0 aliphatic carbocycles. The first-order valence-electron chi connectivity index (χ1n) is 9.75. The van der Waals surface area contributed by atoms with Crippen LogP contribution in [0.5, 0.6) is 11.5 Å². The second kappa shape index (κ2) is 9.91. The highest BCUT2D eigenvalue weighted by Gasteiger charge is 2.22. The van der Waals surface area contributed by atoms with Crippen LogP contribution < -0.4 is 9.47 Å². The van der Waals surface area contributed by atoms with Gasteiger partial charge in [-0.3, -0.25) is 9.59 Å². The van der Waals surface area contributed by atoms with Gasteiger partial charge in [0.2, 0.25) is 5.91 Å². The maximum absolute atomic E-state index is 13.3. The van der Waals surface area contributed by atoms with E-state index in [-0.39, 0.29) is 17.6 Å². The molecule has 1 saturated heterocycles. The number of benzene rings is 2. The largest absolute Gasteiger partial charge is 0.493 e. The molecule has 6 nitrogen and oxygen atoms in total. The second-order valence-electron chi connectivity index (χ2n) is 6.93. The third-order valence-corrected chi connectivity index (χ3v) is 4.99. The van der Waals surface area contributed by atoms with Crippen molar-refractivity contribution in [3.05, 3.63) is 65.5 Å². The molecule has 2 aromatic carbocycles. The van der Waals surface area contributed by atoms with Crippen LogP contribution in [-0.2, 0) is 4.79 Å². The van der Waals surface area contributed by atoms with Crippen molar-refractivity contribution in [2.75, 3.05) is 40.4 Å². The zero-order valence-corrected chi connectivity index (χ0v) is 17.1. The van der Waals surface area contributed by atoms with Crippen LogP contribution >= 0.6 is 0 Å². The van der Waals surface area contributed by atoms with E-state index in [0.717, 1.165) is 0 Å². The Kier molecular flexibility index (Phi) is 7.06. The average Bonchev–Trinajstić information content (AvgIpc) is 3.03. The van der Waals surface area contributed by atoms with E-state index >= 15 is 0 Å². The summed E-state index contributed by atoms with van der Waals surface area (Å²) in [6.45, 7) is 1.99. The molecule has 158 valence electrons. The number of hydrogen-bond acceptors (Lipinski definition) is 4. The first-order valence-corrected chi connectivity index (χ1v) is 9.75. The number of hydrogen-bond donors (Lipinski definition) is 0. The van der Waals surface area contributed by atoms with Crippen molar-refractivity contribution in [1.29, 1.82) is 0 Å². The fraction of sp³-hybridized carbons (Fsp3) is 0.304. The highest BCUT2D eigenvalue weighted by atomic mass is 19.1. The van der Waals surface area contributed by atoms with Crippen molar-refractivity contribution in [3.63, 3.8) is 0 Å². The van der Waals surface area contributed by atoms with Crippen molar-refractivity contribution in [3.8, 4) is 11.5 Å². The van der Waals surface area contributed by atoms with Gasteiger partial charge in [0, 0.05) is 37.8 Å². The lowest BCUT2D eigenvalue weighted by Crippen LogP contribution is -2.36. The van der Waals surface area contributed by atoms with E-state index in [4.69, 9.17) is 9.47 Å². The van der Waals surface area contributed by atoms with Gasteiger partial charge in [0.25, 0.3) is 5.91 Å². The normalized spacial score (nSPS) is 14.5. The molecule has 1 heterocycles. The van der Waals surface area contributed by atoms with E-state index < -0.39 is 0 Å². The minimum absolute atomic E-state index is 0.111. The minimum atomic E-state index is -0.344. The van der Waals surface area contributed by atoms with E-state index in [1.807, 2.05) is 0 Å². The van der Waals surface area contributed by atoms with Gasteiger partial charge in [0.15, 0.2) is 11.5 Å². The molecule has 0 spiro atoms. The van der Waals surface area contributed by atoms with Crippen LogP contribution in [-0.4, -0.2) is 62.0 Å². The molecule has 1 aliphatic rings. The van der Waals surface area contributed by atoms with E-state index in [9.17, 15) is 14.0 Å². The molecule has 1 aliphatic heterocycles. The Bertz CT molecular complexity index is 945. The van der Waals surface area contributed by atoms with Crippen molar-refractivity contribution in [2.45, 2.75) is 6.42 Å². The molecular formula is C23H25FN2O4. The fourth-order valence-corrected chi connectivity index (χ4v) is 3.38. The predicted molar refractivity (Wildman–Crippen MR) is 112 cm³/mol. The van der Waals surface area contributed by atoms with Gasteiger partial charge in [-0.2, -0.15) is 0 Å². The van der Waals surface area contributed by atoms with Crippen LogP contribution in [0, 0.1) is 5.82 Å². The lowest BCUT2D eigenvalue weighted by molar-refractivity contribution is -0.125. The molecule has 0 unspecified atom stereocenters. The Hall–Kier alpha value is -3.35. The standard InChI is InChI=1S/C23H25FN2O4/c1-29-20-9-8-18(16-21(20)30-2)23(28)26-12-4-11-25(13-14-26)22(27)10-7-17-5-3-6-19(24)15-17/h3,5-10,15-16H,4,11-14H2,1-2H3/b10-7+. The van der Waals surface area contributed by atoms with Crippen LogP contribution in [0.25, 0.3) is 6.08 Å². The van der Waals surface area contributed by atoms with Gasteiger partial charge in [0.1, 0.15) is 5.82 Å². The lowest BCUT2D eigenvalue weighted by atomic mass is 10.1. The van der Waals surface area contributed by atoms with Crippen LogP contribution in [0.4, 0.5) is 4.39 Å². The molecule has 0 N–H and O–H groups in total. The Morgan fingerprint density at radius 2 is 1.67 bits per heavy atom. The molecule has 2 amide bonds. The molecule has 0 radical (unpaired) electrons. The van der Waals surface area contributed by atoms with Crippen LogP contribution in [0.15, 0.2) is 48.5 Å². The molecule has 0 saturated carbocycles. The molecule has 2 aromatic rings. The number of halogens is 1. The molecule has 7 heteroatoms. The topological polar surface area (TPSA) is 59.1 Å². The zero-order valence-electron chi connectivity index (χ0n) is 17.1. The third-order valence-electron chi connectivity index (χ3n) is 4.99. The predicted octanol–water partition coefficient (Wildman–Crippen LogP) is 3.23. The van der Waals surface area contributed by atoms with E-state index in [2.05, 4.69) is 0 Å². The molecule has 0 aromatic heterocycles. The minimum Gasteiger partial charge on any atom is -0.493 e. The monoisotopic (exact) mass is 412 g/mol. The van der Waals surface area contributed by atoms with E-state index in [0.29, 0.717) is 55.2 Å². The summed E-state index contributed by atoms with van der Waals surface area (Å²) in [5.74, 6) is 0.452. The third kappa shape index (κ3) is 5.17. The van der Waals surface area contributed by atoms with E-state index in [1.165, 1.54) is 25.3 Å². The highest BCUT2D eigenvalue weighted by molar-refractivity contribution is 5.95. The van der Waals surface area contributed by atoms with Gasteiger partial charge in [-0.15, -0.1) is 0 Å². The molecule has 0 atom stereocenters. The summed E-state index contributed by atoms with van der Waals surface area (Å²) in [4.78, 5) is 28.9. The highest BCUT2D eigenvalue weighted by Crippen LogP contribution is 2.28. The van der Waals surface area contributed by atoms with Gasteiger partial charge >= 0.3 is 0 Å². The number of amides is 2. The fourth-order valence-electron chi connectivity index (χ4n) is 3.38. The smallest absolute Gasteiger partial charge is 0.254 e. The summed E-state index contributed by atoms with van der Waals surface area (Å²) >= 11 is 0. The van der Waals surface area contributed by atoms with Crippen molar-refractivity contribution < 1.29 is 23.5 Å². The van der Waals surface area contributed by atoms with Crippen molar-refractivity contribution >= 4 is 17.9 Å². The van der Waals surface area contributed by atoms with Crippen molar-refractivity contribution in [1.82, 2.24) is 9.80 Å². The maximum Gasteiger partial charge on any atom is 0.254 e. The SMILES string of the molecule is COc1ccc(C(=O)N2CCCN(C(=O)/C=C/c3cccc(F)c3)CC2)cc1OC. The van der Waals surface area contributed by atoms with Gasteiger partial charge in [-0.25, -0.2) is 4.39 Å². The van der Waals surface area contributed by atoms with Crippen molar-refractivity contribution in [2.24, 2.45) is 0 Å². The first-order chi connectivity index (χ1) is 14.5. The molecular weight excluding hydrogens is 387 g/mol. The number of rotatable bonds is 5. The van der Waals surface area contributed by atoms with Crippen LogP contribution in [0.1, 0.15) is 22.3 Å². The van der Waals surface area contributed by atoms with Gasteiger partial charge in [-0.05, 0) is 48.4 Å². The number of ether oxygens (including phenoxy) is 2. The second-order valence-corrected chi connectivity index (χ2v) is 6.93. The molecule has 0 bridgehead atoms. The summed E-state index contributed by atoms with van der Waals surface area (Å²) < 4.78 is 23.8. The Morgan fingerprint density at radius 1 is 0.933 bits per heavy atom. The maximum atomic E-state index is 13.3. The zero-order chi connectivity index (χ0) is 21.5. The Labute approximate surface area is 175 Å².